The van der Waals surface area contributed by atoms with E-state index >= 15 is 0 Å². The molecule has 0 saturated carbocycles. The first-order valence-corrected chi connectivity index (χ1v) is 8.55. The third kappa shape index (κ3) is 3.55. The van der Waals surface area contributed by atoms with Crippen molar-refractivity contribution in [2.24, 2.45) is 5.73 Å². The van der Waals surface area contributed by atoms with Crippen LogP contribution in [0, 0.1) is 0 Å². The molecular weight excluding hydrogens is 308 g/mol. The number of likely N-dealkylation sites (tertiary alicyclic amines) is 1. The number of hydrogen-bond donors (Lipinski definition) is 2. The molecule has 2 rings (SSSR count). The summed E-state index contributed by atoms with van der Waals surface area (Å²) in [5.74, 6) is 1.02. The number of amides is 1. The lowest BCUT2D eigenvalue weighted by Gasteiger charge is -2.44. The molecule has 0 radical (unpaired) electrons. The van der Waals surface area contributed by atoms with Gasteiger partial charge in [0.2, 0.25) is 0 Å². The largest absolute Gasteiger partial charge is 0.497 e. The van der Waals surface area contributed by atoms with E-state index in [0.29, 0.717) is 36.6 Å². The molecule has 3 unspecified atom stereocenters. The maximum Gasteiger partial charge on any atom is 0.351 e. The smallest absolute Gasteiger partial charge is 0.351 e. The molecule has 1 aromatic carbocycles. The monoisotopic (exact) mass is 337 g/mol. The fraction of sp³-hybridized carbons (Fsp3) is 0.611. The summed E-state index contributed by atoms with van der Waals surface area (Å²) in [5.41, 5.74) is 6.86. The lowest BCUT2D eigenvalue weighted by molar-refractivity contribution is -0.883. The number of ether oxygens (including phenoxy) is 2. The van der Waals surface area contributed by atoms with Gasteiger partial charge in [-0.3, -0.25) is 5.73 Å². The predicted octanol–water partition coefficient (Wildman–Crippen LogP) is 1.90. The molecule has 0 aliphatic carbocycles. The second-order valence-corrected chi connectivity index (χ2v) is 6.44. The third-order valence-corrected chi connectivity index (χ3v) is 4.99. The number of carbonyl (C=O) groups is 1. The van der Waals surface area contributed by atoms with Crippen LogP contribution in [0.25, 0.3) is 0 Å². The number of methoxy groups -OCH3 is 2. The van der Waals surface area contributed by atoms with Crippen molar-refractivity contribution in [1.82, 2.24) is 0 Å². The van der Waals surface area contributed by atoms with Crippen molar-refractivity contribution in [1.29, 1.82) is 0 Å². The maximum absolute atomic E-state index is 13.4. The zero-order valence-corrected chi connectivity index (χ0v) is 14.8. The number of quaternary nitrogens is 1. The SMILES string of the molecule is CCC(O)C[N+]1(C(=O)c2ccc(OC)cc2OC)CCCCC1N. The predicted molar refractivity (Wildman–Crippen MR) is 92.0 cm³/mol. The van der Waals surface area contributed by atoms with E-state index < -0.39 is 6.10 Å². The van der Waals surface area contributed by atoms with E-state index in [-0.39, 0.29) is 16.6 Å². The van der Waals surface area contributed by atoms with Crippen LogP contribution in [0.1, 0.15) is 43.0 Å². The summed E-state index contributed by atoms with van der Waals surface area (Å²) < 4.78 is 10.7. The van der Waals surface area contributed by atoms with Gasteiger partial charge < -0.3 is 14.6 Å². The van der Waals surface area contributed by atoms with E-state index in [0.717, 1.165) is 19.3 Å². The number of hydrogen-bond acceptors (Lipinski definition) is 5. The highest BCUT2D eigenvalue weighted by atomic mass is 16.5. The number of aliphatic hydroxyl groups is 1. The molecule has 6 nitrogen and oxygen atoms in total. The summed E-state index contributed by atoms with van der Waals surface area (Å²) in [7, 11) is 3.11. The van der Waals surface area contributed by atoms with Gasteiger partial charge in [-0.2, -0.15) is 0 Å². The second-order valence-electron chi connectivity index (χ2n) is 6.44. The second kappa shape index (κ2) is 7.96. The summed E-state index contributed by atoms with van der Waals surface area (Å²) in [6, 6.07) is 5.17. The van der Waals surface area contributed by atoms with Crippen LogP contribution in [-0.2, 0) is 0 Å². The lowest BCUT2D eigenvalue weighted by Crippen LogP contribution is -2.67. The van der Waals surface area contributed by atoms with Gasteiger partial charge in [-0.15, -0.1) is 0 Å². The summed E-state index contributed by atoms with van der Waals surface area (Å²) in [6.07, 6.45) is 2.45. The molecule has 1 saturated heterocycles. The van der Waals surface area contributed by atoms with Crippen LogP contribution in [0.5, 0.6) is 11.5 Å². The molecule has 0 spiro atoms. The quantitative estimate of drug-likeness (QED) is 0.775. The van der Waals surface area contributed by atoms with Crippen molar-refractivity contribution in [3.63, 3.8) is 0 Å². The standard InChI is InChI=1S/C18H29N2O4/c1-4-13(21)12-20(10-6-5-7-17(20)19)18(22)15-9-8-14(23-2)11-16(15)24-3/h8-9,11,13,17,21H,4-7,10,12,19H2,1-3H3/q+1. The van der Waals surface area contributed by atoms with Crippen molar-refractivity contribution in [2.75, 3.05) is 27.3 Å². The van der Waals surface area contributed by atoms with E-state index in [1.54, 1.807) is 25.3 Å². The Labute approximate surface area is 143 Å². The fourth-order valence-corrected chi connectivity index (χ4v) is 3.44. The van der Waals surface area contributed by atoms with Crippen LogP contribution in [0.4, 0.5) is 0 Å². The average Bonchev–Trinajstić information content (AvgIpc) is 2.62. The van der Waals surface area contributed by atoms with Gasteiger partial charge in [-0.25, -0.2) is 9.28 Å². The normalized spacial score (nSPS) is 25.1. The van der Waals surface area contributed by atoms with Crippen LogP contribution in [-0.4, -0.2) is 55.1 Å². The first-order chi connectivity index (χ1) is 11.5. The molecule has 3 atom stereocenters. The molecule has 1 aromatic rings. The van der Waals surface area contributed by atoms with Gasteiger partial charge in [0.1, 0.15) is 35.9 Å². The first kappa shape index (κ1) is 18.7. The van der Waals surface area contributed by atoms with Gasteiger partial charge in [0.25, 0.3) is 0 Å². The molecule has 6 heteroatoms. The minimum Gasteiger partial charge on any atom is -0.497 e. The van der Waals surface area contributed by atoms with Crippen LogP contribution in [0.2, 0.25) is 0 Å². The Morgan fingerprint density at radius 3 is 2.71 bits per heavy atom. The molecule has 1 fully saturated rings. The minimum atomic E-state index is -0.553. The number of nitrogens with zero attached hydrogens (tertiary/aromatic N) is 1. The molecule has 1 aliphatic heterocycles. The molecule has 0 aromatic heterocycles. The van der Waals surface area contributed by atoms with Crippen LogP contribution in [0.15, 0.2) is 18.2 Å². The number of piperidine rings is 1. The summed E-state index contributed by atoms with van der Waals surface area (Å²) in [5, 5.41) is 10.2. The third-order valence-electron chi connectivity index (χ3n) is 4.99. The minimum absolute atomic E-state index is 0.0810. The van der Waals surface area contributed by atoms with E-state index in [1.807, 2.05) is 6.92 Å². The van der Waals surface area contributed by atoms with Crippen LogP contribution >= 0.6 is 0 Å². The Morgan fingerprint density at radius 1 is 1.38 bits per heavy atom. The number of nitrogens with two attached hydrogens (primary N) is 1. The topological polar surface area (TPSA) is 81.8 Å². The van der Waals surface area contributed by atoms with Gasteiger partial charge in [0, 0.05) is 12.5 Å². The number of aliphatic hydroxyl groups excluding tert-OH is 1. The average molecular weight is 337 g/mol. The zero-order chi connectivity index (χ0) is 17.7. The van der Waals surface area contributed by atoms with Gasteiger partial charge in [0.15, 0.2) is 0 Å². The lowest BCUT2D eigenvalue weighted by atomic mass is 9.99. The first-order valence-electron chi connectivity index (χ1n) is 8.55. The molecule has 24 heavy (non-hydrogen) atoms. The van der Waals surface area contributed by atoms with Crippen molar-refractivity contribution in [3.8, 4) is 11.5 Å². The number of rotatable bonds is 6. The Balaban J connectivity index is 2.44. The van der Waals surface area contributed by atoms with E-state index in [9.17, 15) is 9.90 Å². The molecule has 134 valence electrons. The number of carbonyl (C=O) groups excluding carboxylic acids is 1. The Hall–Kier alpha value is -1.63. The van der Waals surface area contributed by atoms with E-state index in [4.69, 9.17) is 15.2 Å². The van der Waals surface area contributed by atoms with Gasteiger partial charge in [0.05, 0.1) is 20.8 Å². The van der Waals surface area contributed by atoms with Gasteiger partial charge >= 0.3 is 5.91 Å². The van der Waals surface area contributed by atoms with Crippen molar-refractivity contribution in [2.45, 2.75) is 44.9 Å². The Kier molecular flexibility index (Phi) is 6.21. The number of benzene rings is 1. The highest BCUT2D eigenvalue weighted by molar-refractivity contribution is 5.92. The van der Waals surface area contributed by atoms with Gasteiger partial charge in [-0.1, -0.05) is 6.92 Å². The summed E-state index contributed by atoms with van der Waals surface area (Å²) in [4.78, 5) is 13.4. The van der Waals surface area contributed by atoms with E-state index in [1.165, 1.54) is 7.11 Å². The molecule has 1 aliphatic rings. The summed E-state index contributed by atoms with van der Waals surface area (Å²) >= 11 is 0. The highest BCUT2D eigenvalue weighted by Crippen LogP contribution is 2.32. The molecule has 3 N–H and O–H groups in total. The van der Waals surface area contributed by atoms with Crippen LogP contribution in [0.3, 0.4) is 0 Å². The Bertz CT molecular complexity index is 578. The molecule has 1 heterocycles. The molecule has 0 bridgehead atoms. The van der Waals surface area contributed by atoms with Crippen molar-refractivity contribution >= 4 is 5.91 Å². The highest BCUT2D eigenvalue weighted by Gasteiger charge is 2.46. The zero-order valence-electron chi connectivity index (χ0n) is 14.8. The van der Waals surface area contributed by atoms with Crippen molar-refractivity contribution in [3.05, 3.63) is 23.8 Å². The Morgan fingerprint density at radius 2 is 2.12 bits per heavy atom. The van der Waals surface area contributed by atoms with Gasteiger partial charge in [-0.05, 0) is 31.4 Å². The maximum atomic E-state index is 13.4. The van der Waals surface area contributed by atoms with E-state index in [2.05, 4.69) is 0 Å². The van der Waals surface area contributed by atoms with Crippen molar-refractivity contribution < 1.29 is 23.9 Å². The fourth-order valence-electron chi connectivity index (χ4n) is 3.44. The summed E-state index contributed by atoms with van der Waals surface area (Å²) in [6.45, 7) is 2.90. The molecule has 1 amide bonds. The molecular formula is C18H29N2O4+. The van der Waals surface area contributed by atoms with Crippen LogP contribution < -0.4 is 15.2 Å².